The third-order valence-electron chi connectivity index (χ3n) is 3.51. The zero-order valence-electron chi connectivity index (χ0n) is 14.0. The van der Waals surface area contributed by atoms with Crippen LogP contribution in [0, 0.1) is 5.82 Å². The Hall–Kier alpha value is -2.13. The Morgan fingerprint density at radius 1 is 1.31 bits per heavy atom. The predicted molar refractivity (Wildman–Crippen MR) is 103 cm³/mol. The number of benzene rings is 1. The molecular weight excluding hydrogens is 421 g/mol. The number of amides is 1. The van der Waals surface area contributed by atoms with Gasteiger partial charge in [-0.15, -0.1) is 10.2 Å². The predicted octanol–water partition coefficient (Wildman–Crippen LogP) is 3.98. The molecule has 3 aromatic rings. The molecule has 2 heterocycles. The Balaban J connectivity index is 1.70. The van der Waals surface area contributed by atoms with Gasteiger partial charge in [0.1, 0.15) is 5.82 Å². The van der Waals surface area contributed by atoms with Gasteiger partial charge in [0.2, 0.25) is 11.1 Å². The number of aryl methyl sites for hydroxylation is 1. The fraction of sp³-hybridized carbons (Fsp3) is 0.235. The van der Waals surface area contributed by atoms with Gasteiger partial charge < -0.3 is 5.32 Å². The fourth-order valence-corrected chi connectivity index (χ4v) is 3.45. The number of thioether (sulfide) groups is 1. The van der Waals surface area contributed by atoms with E-state index in [1.807, 2.05) is 33.9 Å². The van der Waals surface area contributed by atoms with Gasteiger partial charge in [0.15, 0.2) is 5.82 Å². The summed E-state index contributed by atoms with van der Waals surface area (Å²) in [5.74, 6) is 0.125. The minimum atomic E-state index is -0.488. The molecule has 1 N–H and O–H groups in total. The normalized spacial score (nSPS) is 10.9. The van der Waals surface area contributed by atoms with E-state index in [9.17, 15) is 9.18 Å². The minimum Gasteiger partial charge on any atom is -0.323 e. The first-order chi connectivity index (χ1) is 12.6. The Morgan fingerprint density at radius 3 is 2.77 bits per heavy atom. The molecule has 9 heteroatoms. The lowest BCUT2D eigenvalue weighted by atomic mass is 10.3. The standard InChI is InChI=1S/C17H17BrFN5OS/c1-2-5-15-21-22-17(24(15)23-8-3-4-9-23)26-11-16(25)20-14-7-6-12(18)10-13(14)19/h3-4,6-10H,2,5,11H2,1H3,(H,20,25). The van der Waals surface area contributed by atoms with E-state index >= 15 is 0 Å². The average Bonchev–Trinajstić information content (AvgIpc) is 3.25. The number of rotatable bonds is 7. The Kier molecular flexibility index (Phi) is 6.10. The molecule has 0 aliphatic heterocycles. The molecule has 1 aromatic carbocycles. The molecule has 0 saturated carbocycles. The van der Waals surface area contributed by atoms with Crippen LogP contribution in [0.25, 0.3) is 0 Å². The van der Waals surface area contributed by atoms with Gasteiger partial charge in [-0.1, -0.05) is 34.6 Å². The topological polar surface area (TPSA) is 64.7 Å². The summed E-state index contributed by atoms with van der Waals surface area (Å²) in [6.45, 7) is 2.07. The number of carbonyl (C=O) groups excluding carboxylic acids is 1. The van der Waals surface area contributed by atoms with E-state index in [0.717, 1.165) is 18.7 Å². The van der Waals surface area contributed by atoms with Crippen LogP contribution in [0.2, 0.25) is 0 Å². The van der Waals surface area contributed by atoms with Gasteiger partial charge in [-0.25, -0.2) is 9.07 Å². The van der Waals surface area contributed by atoms with Crippen LogP contribution in [-0.2, 0) is 11.2 Å². The Bertz CT molecular complexity index is 897. The quantitative estimate of drug-likeness (QED) is 0.567. The first kappa shape index (κ1) is 18.7. The van der Waals surface area contributed by atoms with E-state index in [1.54, 1.807) is 6.07 Å². The maximum absolute atomic E-state index is 13.8. The van der Waals surface area contributed by atoms with Crippen molar-refractivity contribution in [2.75, 3.05) is 11.1 Å². The van der Waals surface area contributed by atoms with Crippen molar-refractivity contribution in [3.63, 3.8) is 0 Å². The van der Waals surface area contributed by atoms with E-state index in [4.69, 9.17) is 0 Å². The number of hydrogen-bond acceptors (Lipinski definition) is 4. The van der Waals surface area contributed by atoms with E-state index in [-0.39, 0.29) is 17.3 Å². The molecular formula is C17H17BrFN5OS. The third-order valence-corrected chi connectivity index (χ3v) is 4.92. The molecule has 1 amide bonds. The number of nitrogens with zero attached hydrogens (tertiary/aromatic N) is 4. The van der Waals surface area contributed by atoms with Gasteiger partial charge in [-0.3, -0.25) is 9.47 Å². The second kappa shape index (κ2) is 8.50. The zero-order chi connectivity index (χ0) is 18.5. The van der Waals surface area contributed by atoms with Crippen molar-refractivity contribution < 1.29 is 9.18 Å². The summed E-state index contributed by atoms with van der Waals surface area (Å²) in [5.41, 5.74) is 0.150. The van der Waals surface area contributed by atoms with Crippen molar-refractivity contribution in [1.82, 2.24) is 19.5 Å². The molecule has 2 aromatic heterocycles. The molecule has 0 radical (unpaired) electrons. The highest BCUT2D eigenvalue weighted by atomic mass is 79.9. The van der Waals surface area contributed by atoms with Crippen molar-refractivity contribution in [1.29, 1.82) is 0 Å². The van der Waals surface area contributed by atoms with Crippen LogP contribution in [0.15, 0.2) is 52.4 Å². The lowest BCUT2D eigenvalue weighted by molar-refractivity contribution is -0.113. The van der Waals surface area contributed by atoms with E-state index in [2.05, 4.69) is 38.4 Å². The molecule has 0 bridgehead atoms. The summed E-state index contributed by atoms with van der Waals surface area (Å²) >= 11 is 4.44. The highest BCUT2D eigenvalue weighted by Crippen LogP contribution is 2.21. The SMILES string of the molecule is CCCc1nnc(SCC(=O)Nc2ccc(Br)cc2F)n1-n1cccc1. The number of hydrogen-bond donors (Lipinski definition) is 1. The molecule has 0 spiro atoms. The molecule has 0 aliphatic carbocycles. The number of carbonyl (C=O) groups is 1. The first-order valence-electron chi connectivity index (χ1n) is 8.04. The van der Waals surface area contributed by atoms with Crippen LogP contribution in [0.1, 0.15) is 19.2 Å². The van der Waals surface area contributed by atoms with E-state index in [1.165, 1.54) is 23.9 Å². The lowest BCUT2D eigenvalue weighted by Gasteiger charge is -2.11. The summed E-state index contributed by atoms with van der Waals surface area (Å²) < 4.78 is 18.2. The smallest absolute Gasteiger partial charge is 0.234 e. The summed E-state index contributed by atoms with van der Waals surface area (Å²) in [7, 11) is 0. The van der Waals surface area contributed by atoms with Crippen molar-refractivity contribution in [2.45, 2.75) is 24.9 Å². The van der Waals surface area contributed by atoms with Gasteiger partial charge >= 0.3 is 0 Å². The van der Waals surface area contributed by atoms with Crippen LogP contribution in [-0.4, -0.2) is 31.2 Å². The summed E-state index contributed by atoms with van der Waals surface area (Å²) in [6.07, 6.45) is 5.50. The minimum absolute atomic E-state index is 0.0982. The van der Waals surface area contributed by atoms with Gasteiger partial charge in [0.25, 0.3) is 0 Å². The van der Waals surface area contributed by atoms with Gasteiger partial charge in [0.05, 0.1) is 11.4 Å². The second-order valence-electron chi connectivity index (χ2n) is 5.48. The van der Waals surface area contributed by atoms with Crippen molar-refractivity contribution in [2.24, 2.45) is 0 Å². The molecule has 0 saturated heterocycles. The van der Waals surface area contributed by atoms with E-state index in [0.29, 0.717) is 9.63 Å². The molecule has 0 aliphatic rings. The molecule has 3 rings (SSSR count). The Labute approximate surface area is 162 Å². The Morgan fingerprint density at radius 2 is 2.08 bits per heavy atom. The third kappa shape index (κ3) is 4.34. The average molecular weight is 438 g/mol. The molecule has 136 valence electrons. The molecule has 0 atom stereocenters. The van der Waals surface area contributed by atoms with Crippen LogP contribution >= 0.6 is 27.7 Å². The van der Waals surface area contributed by atoms with Crippen LogP contribution < -0.4 is 5.32 Å². The van der Waals surface area contributed by atoms with Crippen LogP contribution in [0.5, 0.6) is 0 Å². The van der Waals surface area contributed by atoms with Gasteiger partial charge in [0, 0.05) is 23.3 Å². The first-order valence-corrected chi connectivity index (χ1v) is 9.82. The molecule has 0 unspecified atom stereocenters. The van der Waals surface area contributed by atoms with Crippen LogP contribution in [0.4, 0.5) is 10.1 Å². The zero-order valence-corrected chi connectivity index (χ0v) is 16.4. The highest BCUT2D eigenvalue weighted by Gasteiger charge is 2.15. The second-order valence-corrected chi connectivity index (χ2v) is 7.34. The maximum atomic E-state index is 13.8. The van der Waals surface area contributed by atoms with Crippen molar-refractivity contribution in [3.8, 4) is 0 Å². The number of aromatic nitrogens is 4. The van der Waals surface area contributed by atoms with Gasteiger partial charge in [-0.2, -0.15) is 0 Å². The number of anilines is 1. The lowest BCUT2D eigenvalue weighted by Crippen LogP contribution is -2.17. The highest BCUT2D eigenvalue weighted by molar-refractivity contribution is 9.10. The molecule has 0 fully saturated rings. The largest absolute Gasteiger partial charge is 0.323 e. The number of nitrogens with one attached hydrogen (secondary N) is 1. The van der Waals surface area contributed by atoms with Crippen LogP contribution in [0.3, 0.4) is 0 Å². The summed E-state index contributed by atoms with van der Waals surface area (Å²) in [5, 5.41) is 11.6. The van der Waals surface area contributed by atoms with Crippen molar-refractivity contribution in [3.05, 3.63) is 58.8 Å². The van der Waals surface area contributed by atoms with E-state index < -0.39 is 5.82 Å². The van der Waals surface area contributed by atoms with Gasteiger partial charge in [-0.05, 0) is 36.8 Å². The van der Waals surface area contributed by atoms with Crippen molar-refractivity contribution >= 4 is 39.3 Å². The monoisotopic (exact) mass is 437 g/mol. The fourth-order valence-electron chi connectivity index (χ4n) is 2.36. The number of halogens is 2. The summed E-state index contributed by atoms with van der Waals surface area (Å²) in [4.78, 5) is 12.2. The molecule has 6 nitrogen and oxygen atoms in total. The summed E-state index contributed by atoms with van der Waals surface area (Å²) in [6, 6.07) is 8.32. The molecule has 26 heavy (non-hydrogen) atoms. The maximum Gasteiger partial charge on any atom is 0.234 e.